The molecule has 0 atom stereocenters. The lowest BCUT2D eigenvalue weighted by Gasteiger charge is -1.96. The summed E-state index contributed by atoms with van der Waals surface area (Å²) >= 11 is 1.60. The van der Waals surface area contributed by atoms with Gasteiger partial charge in [0.2, 0.25) is 0 Å². The second-order valence-corrected chi connectivity index (χ2v) is 4.53. The van der Waals surface area contributed by atoms with Crippen LogP contribution >= 0.6 is 11.3 Å². The van der Waals surface area contributed by atoms with E-state index >= 15 is 0 Å². The molecule has 0 radical (unpaired) electrons. The van der Waals surface area contributed by atoms with Gasteiger partial charge in [-0.3, -0.25) is 0 Å². The van der Waals surface area contributed by atoms with Gasteiger partial charge in [-0.05, 0) is 18.2 Å². The van der Waals surface area contributed by atoms with Crippen LogP contribution in [-0.4, -0.2) is 4.98 Å². The fraction of sp³-hybridized carbons (Fsp3) is 0. The van der Waals surface area contributed by atoms with Crippen LogP contribution in [0.5, 0.6) is 0 Å². The third-order valence-electron chi connectivity index (χ3n) is 2.48. The average molecular weight is 242 g/mol. The largest absolute Gasteiger partial charge is 0.472 e. The van der Waals surface area contributed by atoms with Crippen molar-refractivity contribution in [3.63, 3.8) is 0 Å². The smallest absolute Gasteiger partial charge is 0.127 e. The van der Waals surface area contributed by atoms with Crippen molar-refractivity contribution in [1.82, 2.24) is 4.98 Å². The molecule has 0 bridgehead atoms. The average Bonchev–Trinajstić information content (AvgIpc) is 3.00. The number of anilines is 1. The van der Waals surface area contributed by atoms with Crippen molar-refractivity contribution in [2.75, 3.05) is 5.73 Å². The Bertz CT molecular complexity index is 611. The maximum Gasteiger partial charge on any atom is 0.127 e. The van der Waals surface area contributed by atoms with Gasteiger partial charge in [0.05, 0.1) is 12.0 Å². The van der Waals surface area contributed by atoms with E-state index < -0.39 is 0 Å². The molecular formula is C13H10N2OS. The molecule has 0 saturated carbocycles. The number of hydrogen-bond donors (Lipinski definition) is 1. The summed E-state index contributed by atoms with van der Waals surface area (Å²) in [5.74, 6) is 0. The molecule has 0 amide bonds. The Hall–Kier alpha value is -2.07. The van der Waals surface area contributed by atoms with Crippen molar-refractivity contribution in [2.45, 2.75) is 0 Å². The summed E-state index contributed by atoms with van der Waals surface area (Å²) in [4.78, 5) is 4.57. The maximum absolute atomic E-state index is 5.66. The van der Waals surface area contributed by atoms with Gasteiger partial charge in [0.15, 0.2) is 0 Å². The number of nitrogens with two attached hydrogens (primary N) is 1. The Morgan fingerprint density at radius 1 is 1.06 bits per heavy atom. The second kappa shape index (κ2) is 4.07. The highest BCUT2D eigenvalue weighted by Crippen LogP contribution is 2.29. The number of nitrogens with zero attached hydrogens (tertiary/aromatic N) is 1. The van der Waals surface area contributed by atoms with Crippen molar-refractivity contribution < 1.29 is 4.42 Å². The zero-order valence-electron chi connectivity index (χ0n) is 8.96. The van der Waals surface area contributed by atoms with Crippen LogP contribution in [0.3, 0.4) is 0 Å². The molecule has 3 aromatic rings. The van der Waals surface area contributed by atoms with Crippen LogP contribution in [0.1, 0.15) is 0 Å². The first-order valence-electron chi connectivity index (χ1n) is 5.17. The molecule has 3 nitrogen and oxygen atoms in total. The minimum atomic E-state index is 0.763. The van der Waals surface area contributed by atoms with E-state index in [2.05, 4.69) is 4.98 Å². The summed E-state index contributed by atoms with van der Waals surface area (Å²) in [6.07, 6.45) is 3.35. The molecule has 0 aliphatic carbocycles. The van der Waals surface area contributed by atoms with E-state index in [0.717, 1.165) is 27.5 Å². The van der Waals surface area contributed by atoms with E-state index in [1.807, 2.05) is 35.7 Å². The first-order chi connectivity index (χ1) is 8.33. The van der Waals surface area contributed by atoms with Gasteiger partial charge in [0, 0.05) is 22.2 Å². The minimum absolute atomic E-state index is 0.763. The summed E-state index contributed by atoms with van der Waals surface area (Å²) in [6.45, 7) is 0. The van der Waals surface area contributed by atoms with Gasteiger partial charge in [-0.25, -0.2) is 4.98 Å². The van der Waals surface area contributed by atoms with Crippen LogP contribution in [0.15, 0.2) is 52.7 Å². The van der Waals surface area contributed by atoms with Crippen LogP contribution in [0.25, 0.3) is 21.8 Å². The first kappa shape index (κ1) is 10.1. The van der Waals surface area contributed by atoms with Crippen molar-refractivity contribution in [2.24, 2.45) is 0 Å². The van der Waals surface area contributed by atoms with Crippen LogP contribution in [0.4, 0.5) is 5.69 Å². The van der Waals surface area contributed by atoms with Crippen molar-refractivity contribution in [1.29, 1.82) is 0 Å². The van der Waals surface area contributed by atoms with Gasteiger partial charge < -0.3 is 10.2 Å². The summed E-state index contributed by atoms with van der Waals surface area (Å²) in [5.41, 5.74) is 9.47. The van der Waals surface area contributed by atoms with E-state index in [1.165, 1.54) is 0 Å². The van der Waals surface area contributed by atoms with Gasteiger partial charge in [0.25, 0.3) is 0 Å². The van der Waals surface area contributed by atoms with E-state index in [9.17, 15) is 0 Å². The Balaban J connectivity index is 1.98. The zero-order valence-corrected chi connectivity index (χ0v) is 9.78. The van der Waals surface area contributed by atoms with Crippen LogP contribution in [0.2, 0.25) is 0 Å². The zero-order chi connectivity index (χ0) is 11.7. The lowest BCUT2D eigenvalue weighted by Crippen LogP contribution is -1.84. The molecule has 0 saturated heterocycles. The third-order valence-corrected chi connectivity index (χ3v) is 3.37. The highest BCUT2D eigenvalue weighted by Gasteiger charge is 2.07. The van der Waals surface area contributed by atoms with Gasteiger partial charge in [-0.2, -0.15) is 0 Å². The molecule has 3 rings (SSSR count). The quantitative estimate of drug-likeness (QED) is 0.698. The summed E-state index contributed by atoms with van der Waals surface area (Å²) < 4.78 is 5.05. The Labute approximate surface area is 103 Å². The predicted octanol–water partition coefficient (Wildman–Crippen LogP) is 3.65. The van der Waals surface area contributed by atoms with Crippen molar-refractivity contribution in [3.05, 3.63) is 48.2 Å². The normalized spacial score (nSPS) is 10.6. The molecular weight excluding hydrogens is 232 g/mol. The van der Waals surface area contributed by atoms with Gasteiger partial charge in [0.1, 0.15) is 11.3 Å². The number of hydrogen-bond acceptors (Lipinski definition) is 4. The lowest BCUT2D eigenvalue weighted by atomic mass is 10.1. The number of aromatic nitrogens is 1. The Morgan fingerprint density at radius 3 is 2.59 bits per heavy atom. The molecule has 0 aliphatic heterocycles. The topological polar surface area (TPSA) is 52.0 Å². The summed E-state index contributed by atoms with van der Waals surface area (Å²) in [7, 11) is 0. The van der Waals surface area contributed by atoms with Crippen LogP contribution < -0.4 is 5.73 Å². The third kappa shape index (κ3) is 1.94. The molecule has 2 aromatic heterocycles. The molecule has 2 N–H and O–H groups in total. The molecule has 1 aromatic carbocycles. The maximum atomic E-state index is 5.66. The van der Waals surface area contributed by atoms with Gasteiger partial charge in [-0.15, -0.1) is 11.3 Å². The highest BCUT2D eigenvalue weighted by molar-refractivity contribution is 7.13. The Morgan fingerprint density at radius 2 is 1.88 bits per heavy atom. The number of nitrogen functional groups attached to an aromatic ring is 1. The van der Waals surface area contributed by atoms with Crippen molar-refractivity contribution in [3.8, 4) is 21.8 Å². The molecule has 17 heavy (non-hydrogen) atoms. The molecule has 2 heterocycles. The van der Waals surface area contributed by atoms with Crippen LogP contribution in [0, 0.1) is 0 Å². The molecule has 0 aliphatic rings. The fourth-order valence-electron chi connectivity index (χ4n) is 1.58. The molecule has 84 valence electrons. The van der Waals surface area contributed by atoms with Crippen molar-refractivity contribution >= 4 is 17.0 Å². The summed E-state index contributed by atoms with van der Waals surface area (Å²) in [5, 5.41) is 3.00. The monoisotopic (exact) mass is 242 g/mol. The number of thiazole rings is 1. The predicted molar refractivity (Wildman–Crippen MR) is 69.7 cm³/mol. The number of rotatable bonds is 2. The van der Waals surface area contributed by atoms with E-state index in [1.54, 1.807) is 23.9 Å². The second-order valence-electron chi connectivity index (χ2n) is 3.67. The molecule has 4 heteroatoms. The fourth-order valence-corrected chi connectivity index (χ4v) is 2.39. The standard InChI is InChI=1S/C13H10N2OS/c14-11-3-1-9(2-4-11)12-8-17-13(15-12)10-5-6-16-7-10/h1-8H,14H2. The van der Waals surface area contributed by atoms with Crippen LogP contribution in [-0.2, 0) is 0 Å². The SMILES string of the molecule is Nc1ccc(-c2csc(-c3ccoc3)n2)cc1. The van der Waals surface area contributed by atoms with E-state index in [0.29, 0.717) is 0 Å². The summed E-state index contributed by atoms with van der Waals surface area (Å²) in [6, 6.07) is 9.62. The van der Waals surface area contributed by atoms with Gasteiger partial charge >= 0.3 is 0 Å². The highest BCUT2D eigenvalue weighted by atomic mass is 32.1. The molecule has 0 unspecified atom stereocenters. The van der Waals surface area contributed by atoms with E-state index in [-0.39, 0.29) is 0 Å². The molecule has 0 fully saturated rings. The van der Waals surface area contributed by atoms with E-state index in [4.69, 9.17) is 10.2 Å². The minimum Gasteiger partial charge on any atom is -0.472 e. The first-order valence-corrected chi connectivity index (χ1v) is 6.05. The number of furan rings is 1. The lowest BCUT2D eigenvalue weighted by molar-refractivity contribution is 0.568. The Kier molecular flexibility index (Phi) is 2.42. The molecule has 0 spiro atoms. The van der Waals surface area contributed by atoms with Gasteiger partial charge in [-0.1, -0.05) is 12.1 Å². The number of benzene rings is 1.